The van der Waals surface area contributed by atoms with Crippen LogP contribution in [0.2, 0.25) is 0 Å². The summed E-state index contributed by atoms with van der Waals surface area (Å²) < 4.78 is 13.0. The highest BCUT2D eigenvalue weighted by molar-refractivity contribution is 7.80. The molecule has 2 N–H and O–H groups in total. The van der Waals surface area contributed by atoms with Crippen LogP contribution in [0.5, 0.6) is 0 Å². The number of thiocarbonyl (C=S) groups is 1. The normalized spacial score (nSPS) is 24.4. The second kappa shape index (κ2) is 4.70. The maximum absolute atomic E-state index is 13.0. The van der Waals surface area contributed by atoms with E-state index in [9.17, 15) is 4.39 Å². The predicted molar refractivity (Wildman–Crippen MR) is 71.5 cm³/mol. The smallest absolute Gasteiger partial charge is 0.123 e. The fraction of sp³-hybridized carbons (Fsp3) is 0.462. The van der Waals surface area contributed by atoms with Crippen LogP contribution in [-0.4, -0.2) is 28.5 Å². The lowest BCUT2D eigenvalue weighted by Crippen LogP contribution is -2.44. The fourth-order valence-electron chi connectivity index (χ4n) is 2.11. The second-order valence-corrected chi connectivity index (χ2v) is 5.23. The molecule has 1 aromatic rings. The Labute approximate surface area is 107 Å². The Balaban J connectivity index is 1.94. The first-order chi connectivity index (χ1) is 7.99. The van der Waals surface area contributed by atoms with Gasteiger partial charge in [-0.2, -0.15) is 0 Å². The molecule has 1 atom stereocenters. The fourth-order valence-corrected chi connectivity index (χ4v) is 2.39. The standard InChI is InChI=1S/C13H17FN2S/c1-13(15)6-8-16(12(13)17)7-5-10-3-2-4-11(14)9-10/h2-4,9H,5-8,15H2,1H3. The quantitative estimate of drug-likeness (QED) is 0.836. The van der Waals surface area contributed by atoms with Crippen molar-refractivity contribution in [3.63, 3.8) is 0 Å². The molecule has 1 unspecified atom stereocenters. The zero-order chi connectivity index (χ0) is 12.5. The van der Waals surface area contributed by atoms with Gasteiger partial charge in [0.2, 0.25) is 0 Å². The van der Waals surface area contributed by atoms with E-state index in [-0.39, 0.29) is 11.4 Å². The van der Waals surface area contributed by atoms with Gasteiger partial charge in [0.1, 0.15) is 5.82 Å². The zero-order valence-electron chi connectivity index (χ0n) is 9.95. The Kier molecular flexibility index (Phi) is 3.45. The van der Waals surface area contributed by atoms with Crippen LogP contribution >= 0.6 is 12.2 Å². The lowest BCUT2D eigenvalue weighted by atomic mass is 10.0. The molecule has 92 valence electrons. The van der Waals surface area contributed by atoms with Crippen molar-refractivity contribution in [2.24, 2.45) is 5.73 Å². The summed E-state index contributed by atoms with van der Waals surface area (Å²) in [6.45, 7) is 3.69. The van der Waals surface area contributed by atoms with E-state index < -0.39 is 0 Å². The van der Waals surface area contributed by atoms with E-state index in [1.54, 1.807) is 12.1 Å². The van der Waals surface area contributed by atoms with Crippen molar-refractivity contribution in [1.82, 2.24) is 4.90 Å². The Morgan fingerprint density at radius 2 is 2.29 bits per heavy atom. The third kappa shape index (κ3) is 2.82. The second-order valence-electron chi connectivity index (χ2n) is 4.84. The lowest BCUT2D eigenvalue weighted by molar-refractivity contribution is 0.460. The topological polar surface area (TPSA) is 29.3 Å². The molecule has 1 aliphatic heterocycles. The number of halogens is 1. The van der Waals surface area contributed by atoms with Gasteiger partial charge in [-0.25, -0.2) is 4.39 Å². The maximum Gasteiger partial charge on any atom is 0.123 e. The molecule has 1 aromatic carbocycles. The molecule has 1 fully saturated rings. The summed E-state index contributed by atoms with van der Waals surface area (Å²) in [6, 6.07) is 6.70. The van der Waals surface area contributed by atoms with Gasteiger partial charge in [0.15, 0.2) is 0 Å². The van der Waals surface area contributed by atoms with E-state index in [4.69, 9.17) is 18.0 Å². The molecule has 1 aliphatic rings. The number of hydrogen-bond donors (Lipinski definition) is 1. The van der Waals surface area contributed by atoms with E-state index in [0.29, 0.717) is 0 Å². The van der Waals surface area contributed by atoms with Gasteiger partial charge < -0.3 is 10.6 Å². The molecule has 0 amide bonds. The Hall–Kier alpha value is -1.000. The SMILES string of the molecule is CC1(N)CCN(CCc2cccc(F)c2)C1=S. The summed E-state index contributed by atoms with van der Waals surface area (Å²) in [5.41, 5.74) is 6.71. The Bertz CT molecular complexity index is 431. The van der Waals surface area contributed by atoms with Crippen molar-refractivity contribution in [3.8, 4) is 0 Å². The molecule has 0 bridgehead atoms. The van der Waals surface area contributed by atoms with Crippen LogP contribution in [0.15, 0.2) is 24.3 Å². The van der Waals surface area contributed by atoms with Crippen molar-refractivity contribution in [1.29, 1.82) is 0 Å². The number of nitrogens with two attached hydrogens (primary N) is 1. The largest absolute Gasteiger partial charge is 0.364 e. The zero-order valence-corrected chi connectivity index (χ0v) is 10.8. The monoisotopic (exact) mass is 252 g/mol. The van der Waals surface area contributed by atoms with Gasteiger partial charge in [-0.3, -0.25) is 0 Å². The minimum absolute atomic E-state index is 0.185. The van der Waals surface area contributed by atoms with Crippen molar-refractivity contribution in [2.75, 3.05) is 13.1 Å². The van der Waals surface area contributed by atoms with Crippen molar-refractivity contribution in [3.05, 3.63) is 35.6 Å². The first-order valence-electron chi connectivity index (χ1n) is 5.82. The molecule has 1 saturated heterocycles. The first-order valence-corrected chi connectivity index (χ1v) is 6.22. The summed E-state index contributed by atoms with van der Waals surface area (Å²) in [6.07, 6.45) is 1.70. The Morgan fingerprint density at radius 1 is 1.53 bits per heavy atom. The lowest BCUT2D eigenvalue weighted by Gasteiger charge is -2.22. The molecule has 0 radical (unpaired) electrons. The predicted octanol–water partition coefficient (Wildman–Crippen LogP) is 2.12. The van der Waals surface area contributed by atoms with Crippen LogP contribution in [-0.2, 0) is 6.42 Å². The average Bonchev–Trinajstić information content (AvgIpc) is 2.52. The summed E-state index contributed by atoms with van der Waals surface area (Å²) in [7, 11) is 0. The minimum atomic E-state index is -0.350. The van der Waals surface area contributed by atoms with Crippen molar-refractivity contribution < 1.29 is 4.39 Å². The van der Waals surface area contributed by atoms with Crippen LogP contribution in [0.25, 0.3) is 0 Å². The van der Waals surface area contributed by atoms with Crippen LogP contribution in [0.1, 0.15) is 18.9 Å². The molecule has 0 aromatic heterocycles. The number of hydrogen-bond acceptors (Lipinski definition) is 2. The van der Waals surface area contributed by atoms with Gasteiger partial charge in [-0.1, -0.05) is 24.4 Å². The molecular weight excluding hydrogens is 235 g/mol. The van der Waals surface area contributed by atoms with E-state index in [1.807, 2.05) is 13.0 Å². The van der Waals surface area contributed by atoms with E-state index >= 15 is 0 Å². The summed E-state index contributed by atoms with van der Waals surface area (Å²) in [5, 5.41) is 0. The van der Waals surface area contributed by atoms with Gasteiger partial charge in [0.25, 0.3) is 0 Å². The summed E-state index contributed by atoms with van der Waals surface area (Å²) in [4.78, 5) is 2.95. The van der Waals surface area contributed by atoms with Gasteiger partial charge in [0, 0.05) is 13.1 Å². The molecule has 4 heteroatoms. The highest BCUT2D eigenvalue weighted by atomic mass is 32.1. The highest BCUT2D eigenvalue weighted by Gasteiger charge is 2.34. The van der Waals surface area contributed by atoms with Crippen molar-refractivity contribution >= 4 is 17.2 Å². The molecule has 0 aliphatic carbocycles. The number of rotatable bonds is 3. The average molecular weight is 252 g/mol. The van der Waals surface area contributed by atoms with Crippen LogP contribution in [0.4, 0.5) is 4.39 Å². The molecule has 17 heavy (non-hydrogen) atoms. The maximum atomic E-state index is 13.0. The first kappa shape index (κ1) is 12.5. The van der Waals surface area contributed by atoms with Crippen LogP contribution in [0, 0.1) is 5.82 Å². The van der Waals surface area contributed by atoms with Gasteiger partial charge in [0.05, 0.1) is 10.5 Å². The van der Waals surface area contributed by atoms with E-state index in [1.165, 1.54) is 6.07 Å². The highest BCUT2D eigenvalue weighted by Crippen LogP contribution is 2.21. The molecule has 0 saturated carbocycles. The molecule has 2 rings (SSSR count). The van der Waals surface area contributed by atoms with E-state index in [2.05, 4.69) is 4.90 Å². The van der Waals surface area contributed by atoms with Crippen molar-refractivity contribution in [2.45, 2.75) is 25.3 Å². The van der Waals surface area contributed by atoms with Gasteiger partial charge in [-0.15, -0.1) is 0 Å². The molecule has 2 nitrogen and oxygen atoms in total. The number of nitrogens with zero attached hydrogens (tertiary/aromatic N) is 1. The van der Waals surface area contributed by atoms with Crippen LogP contribution in [0.3, 0.4) is 0 Å². The third-order valence-corrected chi connectivity index (χ3v) is 3.96. The summed E-state index contributed by atoms with van der Waals surface area (Å²) >= 11 is 5.34. The number of likely N-dealkylation sites (tertiary alicyclic amines) is 1. The van der Waals surface area contributed by atoms with Gasteiger partial charge in [-0.05, 0) is 37.5 Å². The third-order valence-electron chi connectivity index (χ3n) is 3.24. The van der Waals surface area contributed by atoms with E-state index in [0.717, 1.165) is 36.5 Å². The van der Waals surface area contributed by atoms with Crippen LogP contribution < -0.4 is 5.73 Å². The Morgan fingerprint density at radius 3 is 2.88 bits per heavy atom. The van der Waals surface area contributed by atoms with Gasteiger partial charge >= 0.3 is 0 Å². The molecule has 0 spiro atoms. The minimum Gasteiger partial charge on any atom is -0.364 e. The molecule has 1 heterocycles. The number of benzene rings is 1. The molecular formula is C13H17FN2S. The summed E-state index contributed by atoms with van der Waals surface area (Å²) in [5.74, 6) is -0.185.